The summed E-state index contributed by atoms with van der Waals surface area (Å²) in [5, 5.41) is 12.0. The number of fused-ring (bicyclic) bond motifs is 1. The second-order valence-corrected chi connectivity index (χ2v) is 7.42. The number of carbonyl (C=O) groups excluding carboxylic acids is 1. The molecule has 0 spiro atoms. The molecular weight excluding hydrogens is 368 g/mol. The van der Waals surface area contributed by atoms with Crippen LogP contribution in [0.3, 0.4) is 0 Å². The number of anilines is 1. The van der Waals surface area contributed by atoms with E-state index >= 15 is 0 Å². The molecule has 1 aliphatic carbocycles. The summed E-state index contributed by atoms with van der Waals surface area (Å²) in [5.41, 5.74) is 1.55. The van der Waals surface area contributed by atoms with Gasteiger partial charge in [-0.3, -0.25) is 9.59 Å². The van der Waals surface area contributed by atoms with Gasteiger partial charge in [-0.25, -0.2) is 14.2 Å². The van der Waals surface area contributed by atoms with Crippen molar-refractivity contribution >= 4 is 28.7 Å². The largest absolute Gasteiger partial charge is 0.323 e. The van der Waals surface area contributed by atoms with Crippen molar-refractivity contribution in [2.75, 3.05) is 5.32 Å². The molecule has 1 fully saturated rings. The van der Waals surface area contributed by atoms with Gasteiger partial charge >= 0.3 is 0 Å². The van der Waals surface area contributed by atoms with Crippen LogP contribution >= 0.6 is 11.6 Å². The lowest BCUT2D eigenvalue weighted by atomic mass is 10.2. The van der Waals surface area contributed by atoms with E-state index in [-0.39, 0.29) is 23.9 Å². The molecule has 27 heavy (non-hydrogen) atoms. The molecule has 3 heterocycles. The molecule has 3 aromatic heterocycles. The van der Waals surface area contributed by atoms with Crippen LogP contribution < -0.4 is 10.9 Å². The van der Waals surface area contributed by atoms with Gasteiger partial charge in [0, 0.05) is 11.8 Å². The molecule has 1 aliphatic rings. The maximum atomic E-state index is 12.8. The molecule has 0 unspecified atom stereocenters. The molecule has 8 nitrogen and oxygen atoms in total. The van der Waals surface area contributed by atoms with Crippen LogP contribution in [-0.4, -0.2) is 30.3 Å². The highest BCUT2D eigenvalue weighted by Crippen LogP contribution is 2.39. The van der Waals surface area contributed by atoms with Crippen LogP contribution in [0.4, 0.5) is 5.69 Å². The molecule has 140 valence electrons. The van der Waals surface area contributed by atoms with Gasteiger partial charge in [-0.15, -0.1) is 0 Å². The highest BCUT2D eigenvalue weighted by Gasteiger charge is 2.28. The molecule has 0 aromatic carbocycles. The first kappa shape index (κ1) is 17.7. The first-order valence-electron chi connectivity index (χ1n) is 8.84. The second kappa shape index (κ2) is 6.77. The first-order chi connectivity index (χ1) is 12.9. The van der Waals surface area contributed by atoms with Crippen molar-refractivity contribution < 1.29 is 4.79 Å². The number of carbonyl (C=O) groups is 1. The smallest absolute Gasteiger partial charge is 0.293 e. The number of pyridine rings is 1. The van der Waals surface area contributed by atoms with E-state index in [0.717, 1.165) is 18.5 Å². The molecule has 9 heteroatoms. The van der Waals surface area contributed by atoms with Gasteiger partial charge in [0.15, 0.2) is 5.82 Å². The Labute approximate surface area is 160 Å². The molecule has 0 radical (unpaired) electrons. The normalized spacial score (nSPS) is 14.1. The average molecular weight is 387 g/mol. The minimum atomic E-state index is -0.366. The zero-order chi connectivity index (χ0) is 19.1. The summed E-state index contributed by atoms with van der Waals surface area (Å²) in [4.78, 5) is 29.1. The Morgan fingerprint density at radius 2 is 2.11 bits per heavy atom. The van der Waals surface area contributed by atoms with Crippen molar-refractivity contribution in [3.63, 3.8) is 0 Å². The third kappa shape index (κ3) is 3.57. The number of hydrogen-bond donors (Lipinski definition) is 1. The SMILES string of the molecule is CC(C)c1nn(CC(=O)Nc2ccc(Cl)nc2)c(=O)c2cc(C3CC3)nn12. The van der Waals surface area contributed by atoms with Crippen LogP contribution in [0.2, 0.25) is 5.15 Å². The Morgan fingerprint density at radius 1 is 1.33 bits per heavy atom. The molecule has 0 saturated heterocycles. The van der Waals surface area contributed by atoms with E-state index in [1.54, 1.807) is 16.6 Å². The first-order valence-corrected chi connectivity index (χ1v) is 9.22. The summed E-state index contributed by atoms with van der Waals surface area (Å²) in [6.45, 7) is 3.77. The van der Waals surface area contributed by atoms with E-state index in [0.29, 0.717) is 28.1 Å². The van der Waals surface area contributed by atoms with Crippen LogP contribution in [0, 0.1) is 0 Å². The Hall–Kier alpha value is -2.74. The number of halogens is 1. The molecule has 0 bridgehead atoms. The van der Waals surface area contributed by atoms with Gasteiger partial charge in [-0.05, 0) is 31.0 Å². The van der Waals surface area contributed by atoms with Crippen LogP contribution in [0.15, 0.2) is 29.2 Å². The summed E-state index contributed by atoms with van der Waals surface area (Å²) in [5.74, 6) is 0.764. The van der Waals surface area contributed by atoms with Crippen molar-refractivity contribution in [2.24, 2.45) is 0 Å². The summed E-state index contributed by atoms with van der Waals surface area (Å²) >= 11 is 5.74. The number of aromatic nitrogens is 5. The van der Waals surface area contributed by atoms with Gasteiger partial charge in [-0.2, -0.15) is 10.2 Å². The summed E-state index contributed by atoms with van der Waals surface area (Å²) in [6, 6.07) is 5.05. The van der Waals surface area contributed by atoms with Crippen molar-refractivity contribution in [1.82, 2.24) is 24.4 Å². The standard InChI is InChI=1S/C18H19ClN6O2/c1-10(2)17-23-24(9-16(26)21-12-5-6-15(19)20-8-12)18(27)14-7-13(11-3-4-11)22-25(14)17/h5-8,10-11H,3-4,9H2,1-2H3,(H,21,26). The fourth-order valence-electron chi connectivity index (χ4n) is 2.90. The van der Waals surface area contributed by atoms with E-state index in [9.17, 15) is 9.59 Å². The lowest BCUT2D eigenvalue weighted by Gasteiger charge is -2.11. The van der Waals surface area contributed by atoms with Crippen molar-refractivity contribution in [1.29, 1.82) is 0 Å². The Bertz CT molecular complexity index is 1070. The minimum absolute atomic E-state index is 0.0508. The molecule has 1 saturated carbocycles. The van der Waals surface area contributed by atoms with Crippen molar-refractivity contribution in [3.8, 4) is 0 Å². The topological polar surface area (TPSA) is 94.2 Å². The molecule has 0 aliphatic heterocycles. The van der Waals surface area contributed by atoms with E-state index < -0.39 is 0 Å². The fraction of sp³-hybridized carbons (Fsp3) is 0.389. The van der Waals surface area contributed by atoms with Gasteiger partial charge in [0.1, 0.15) is 17.2 Å². The third-order valence-electron chi connectivity index (χ3n) is 4.44. The highest BCUT2D eigenvalue weighted by molar-refractivity contribution is 6.29. The minimum Gasteiger partial charge on any atom is -0.323 e. The number of nitrogens with zero attached hydrogens (tertiary/aromatic N) is 5. The van der Waals surface area contributed by atoms with Crippen LogP contribution in [0.1, 0.15) is 50.0 Å². The van der Waals surface area contributed by atoms with Gasteiger partial charge in [0.05, 0.1) is 17.6 Å². The van der Waals surface area contributed by atoms with Gasteiger partial charge in [0.2, 0.25) is 5.91 Å². The number of hydrogen-bond acceptors (Lipinski definition) is 5. The van der Waals surface area contributed by atoms with Crippen molar-refractivity contribution in [3.05, 3.63) is 51.4 Å². The van der Waals surface area contributed by atoms with Gasteiger partial charge in [0.25, 0.3) is 5.56 Å². The zero-order valence-electron chi connectivity index (χ0n) is 15.0. The monoisotopic (exact) mass is 386 g/mol. The molecule has 1 amide bonds. The maximum Gasteiger partial charge on any atom is 0.293 e. The van der Waals surface area contributed by atoms with E-state index in [1.165, 1.54) is 10.9 Å². The van der Waals surface area contributed by atoms with E-state index in [4.69, 9.17) is 11.6 Å². The van der Waals surface area contributed by atoms with Gasteiger partial charge < -0.3 is 5.32 Å². The van der Waals surface area contributed by atoms with Crippen molar-refractivity contribution in [2.45, 2.75) is 45.1 Å². The van der Waals surface area contributed by atoms with Crippen LogP contribution in [0.25, 0.3) is 5.52 Å². The quantitative estimate of drug-likeness (QED) is 0.680. The summed E-state index contributed by atoms with van der Waals surface area (Å²) < 4.78 is 2.82. The summed E-state index contributed by atoms with van der Waals surface area (Å²) in [6.07, 6.45) is 3.65. The molecular formula is C18H19ClN6O2. The molecule has 1 N–H and O–H groups in total. The Kier molecular flexibility index (Phi) is 4.43. The Morgan fingerprint density at radius 3 is 2.74 bits per heavy atom. The number of rotatable bonds is 5. The van der Waals surface area contributed by atoms with E-state index in [2.05, 4.69) is 20.5 Å². The van der Waals surface area contributed by atoms with E-state index in [1.807, 2.05) is 19.9 Å². The lowest BCUT2D eigenvalue weighted by Crippen LogP contribution is -2.32. The number of nitrogens with one attached hydrogen (secondary N) is 1. The lowest BCUT2D eigenvalue weighted by molar-refractivity contribution is -0.117. The molecule has 0 atom stereocenters. The number of amides is 1. The zero-order valence-corrected chi connectivity index (χ0v) is 15.8. The highest BCUT2D eigenvalue weighted by atomic mass is 35.5. The predicted octanol–water partition coefficient (Wildman–Crippen LogP) is 2.58. The van der Waals surface area contributed by atoms with Gasteiger partial charge in [-0.1, -0.05) is 25.4 Å². The molecule has 3 aromatic rings. The van der Waals surface area contributed by atoms with Crippen LogP contribution in [-0.2, 0) is 11.3 Å². The summed E-state index contributed by atoms with van der Waals surface area (Å²) in [7, 11) is 0. The molecule has 4 rings (SSSR count). The maximum absolute atomic E-state index is 12.8. The Balaban J connectivity index is 1.66. The predicted molar refractivity (Wildman–Crippen MR) is 101 cm³/mol. The second-order valence-electron chi connectivity index (χ2n) is 7.03. The van der Waals surface area contributed by atoms with Crippen LogP contribution in [0.5, 0.6) is 0 Å². The third-order valence-corrected chi connectivity index (χ3v) is 4.66. The average Bonchev–Trinajstić information content (AvgIpc) is 3.38. The fourth-order valence-corrected chi connectivity index (χ4v) is 3.01.